The lowest BCUT2D eigenvalue weighted by Gasteiger charge is -2.11. The molecule has 0 aromatic carbocycles. The van der Waals surface area contributed by atoms with E-state index in [1.54, 1.807) is 0 Å². The average Bonchev–Trinajstić information content (AvgIpc) is 2.07. The van der Waals surface area contributed by atoms with Crippen molar-refractivity contribution >= 4 is 6.21 Å². The van der Waals surface area contributed by atoms with Gasteiger partial charge in [-0.25, -0.2) is 0 Å². The lowest BCUT2D eigenvalue weighted by atomic mass is 10.1. The summed E-state index contributed by atoms with van der Waals surface area (Å²) in [7, 11) is 0. The number of allylic oxidation sites excluding steroid dienone is 1. The van der Waals surface area contributed by atoms with Crippen molar-refractivity contribution in [3.63, 3.8) is 0 Å². The minimum Gasteiger partial charge on any atom is -0.317 e. The second-order valence-corrected chi connectivity index (χ2v) is 2.76. The Kier molecular flexibility index (Phi) is 3.91. The van der Waals surface area contributed by atoms with Gasteiger partial charge in [0.05, 0.1) is 6.04 Å². The molecular weight excluding hydrogens is 136 g/mol. The molecule has 1 atom stereocenters. The van der Waals surface area contributed by atoms with E-state index >= 15 is 0 Å². The van der Waals surface area contributed by atoms with Gasteiger partial charge in [-0.1, -0.05) is 13.0 Å². The fourth-order valence-corrected chi connectivity index (χ4v) is 1.17. The molecular formula is C9H16N2. The van der Waals surface area contributed by atoms with Crippen LogP contribution in [0.3, 0.4) is 0 Å². The second kappa shape index (κ2) is 5.08. The van der Waals surface area contributed by atoms with Crippen molar-refractivity contribution in [2.24, 2.45) is 4.99 Å². The number of rotatable bonds is 4. The molecule has 0 aromatic heterocycles. The predicted molar refractivity (Wildman–Crippen MR) is 49.2 cm³/mol. The molecule has 11 heavy (non-hydrogen) atoms. The summed E-state index contributed by atoms with van der Waals surface area (Å²) >= 11 is 0. The van der Waals surface area contributed by atoms with Crippen molar-refractivity contribution in [1.29, 1.82) is 0 Å². The minimum absolute atomic E-state index is 0.527. The van der Waals surface area contributed by atoms with Gasteiger partial charge in [0.25, 0.3) is 0 Å². The maximum atomic E-state index is 4.35. The van der Waals surface area contributed by atoms with Gasteiger partial charge in [0.1, 0.15) is 0 Å². The van der Waals surface area contributed by atoms with E-state index in [4.69, 9.17) is 0 Å². The molecule has 0 saturated heterocycles. The number of nitrogens with one attached hydrogen (secondary N) is 1. The van der Waals surface area contributed by atoms with Gasteiger partial charge >= 0.3 is 0 Å². The molecule has 2 nitrogen and oxygen atoms in total. The number of nitrogens with zero attached hydrogens (tertiary/aromatic N) is 1. The summed E-state index contributed by atoms with van der Waals surface area (Å²) in [5, 5.41) is 3.30. The lowest BCUT2D eigenvalue weighted by Crippen LogP contribution is -2.19. The molecule has 2 heteroatoms. The molecule has 0 fully saturated rings. The first-order chi connectivity index (χ1) is 5.43. The van der Waals surface area contributed by atoms with Crippen molar-refractivity contribution in [1.82, 2.24) is 5.32 Å². The Morgan fingerprint density at radius 2 is 2.55 bits per heavy atom. The van der Waals surface area contributed by atoms with Crippen LogP contribution in [0.25, 0.3) is 0 Å². The van der Waals surface area contributed by atoms with Gasteiger partial charge in [0.15, 0.2) is 0 Å². The fourth-order valence-electron chi connectivity index (χ4n) is 1.17. The van der Waals surface area contributed by atoms with Crippen LogP contribution in [0, 0.1) is 0 Å². The van der Waals surface area contributed by atoms with Gasteiger partial charge in [-0.05, 0) is 32.0 Å². The number of hydrogen-bond acceptors (Lipinski definition) is 2. The fraction of sp³-hybridized carbons (Fsp3) is 0.667. The van der Waals surface area contributed by atoms with Gasteiger partial charge in [-0.2, -0.15) is 0 Å². The molecule has 0 aromatic rings. The van der Waals surface area contributed by atoms with E-state index in [1.807, 2.05) is 12.3 Å². The van der Waals surface area contributed by atoms with Crippen LogP contribution in [0.4, 0.5) is 0 Å². The summed E-state index contributed by atoms with van der Waals surface area (Å²) in [6.07, 6.45) is 8.38. The van der Waals surface area contributed by atoms with Gasteiger partial charge in [-0.15, -0.1) is 0 Å². The Bertz CT molecular complexity index is 150. The predicted octanol–water partition coefficient (Wildman–Crippen LogP) is 1.39. The van der Waals surface area contributed by atoms with Crippen molar-refractivity contribution in [3.8, 4) is 0 Å². The molecule has 62 valence electrons. The molecule has 1 aliphatic rings. The summed E-state index contributed by atoms with van der Waals surface area (Å²) in [6.45, 7) is 4.28. The van der Waals surface area contributed by atoms with E-state index in [2.05, 4.69) is 23.3 Å². The van der Waals surface area contributed by atoms with E-state index in [9.17, 15) is 0 Å². The van der Waals surface area contributed by atoms with Gasteiger partial charge in [0.2, 0.25) is 0 Å². The zero-order valence-electron chi connectivity index (χ0n) is 7.09. The largest absolute Gasteiger partial charge is 0.317 e. The molecule has 0 bridgehead atoms. The molecule has 1 rings (SSSR count). The second-order valence-electron chi connectivity index (χ2n) is 2.76. The van der Waals surface area contributed by atoms with Crippen LogP contribution in [-0.4, -0.2) is 25.3 Å². The van der Waals surface area contributed by atoms with Crippen LogP contribution in [0.5, 0.6) is 0 Å². The van der Waals surface area contributed by atoms with Crippen LogP contribution in [0.1, 0.15) is 19.8 Å². The lowest BCUT2D eigenvalue weighted by molar-refractivity contribution is 0.576. The highest BCUT2D eigenvalue weighted by Crippen LogP contribution is 2.06. The molecule has 0 amide bonds. The van der Waals surface area contributed by atoms with E-state index in [-0.39, 0.29) is 0 Å². The maximum absolute atomic E-state index is 4.35. The molecule has 1 aliphatic heterocycles. The summed E-state index contributed by atoms with van der Waals surface area (Å²) < 4.78 is 0. The quantitative estimate of drug-likeness (QED) is 0.605. The standard InChI is InChI=1S/C9H16N2/c1-2-10-8-6-9-5-3-4-7-11-9/h3-4,7,9-10H,2,5-6,8H2,1H3. The summed E-state index contributed by atoms with van der Waals surface area (Å²) in [6, 6.07) is 0.527. The average molecular weight is 152 g/mol. The van der Waals surface area contributed by atoms with Gasteiger partial charge in [0, 0.05) is 6.21 Å². The first-order valence-electron chi connectivity index (χ1n) is 4.32. The van der Waals surface area contributed by atoms with E-state index < -0.39 is 0 Å². The highest BCUT2D eigenvalue weighted by atomic mass is 14.9. The Labute approximate surface area is 68.4 Å². The van der Waals surface area contributed by atoms with Crippen LogP contribution in [0.2, 0.25) is 0 Å². The maximum Gasteiger partial charge on any atom is 0.0546 e. The Morgan fingerprint density at radius 3 is 3.18 bits per heavy atom. The van der Waals surface area contributed by atoms with Crippen molar-refractivity contribution in [2.45, 2.75) is 25.8 Å². The Balaban J connectivity index is 2.07. The number of hydrogen-bond donors (Lipinski definition) is 1. The summed E-state index contributed by atoms with van der Waals surface area (Å²) in [5.41, 5.74) is 0. The third-order valence-electron chi connectivity index (χ3n) is 1.83. The van der Waals surface area contributed by atoms with E-state index in [0.29, 0.717) is 6.04 Å². The zero-order chi connectivity index (χ0) is 7.94. The SMILES string of the molecule is CCNCCC1CC=CC=N1. The zero-order valence-corrected chi connectivity index (χ0v) is 7.09. The van der Waals surface area contributed by atoms with E-state index in [0.717, 1.165) is 25.9 Å². The van der Waals surface area contributed by atoms with Crippen LogP contribution in [-0.2, 0) is 0 Å². The first-order valence-corrected chi connectivity index (χ1v) is 4.32. The third-order valence-corrected chi connectivity index (χ3v) is 1.83. The highest BCUT2D eigenvalue weighted by Gasteiger charge is 2.04. The monoisotopic (exact) mass is 152 g/mol. The molecule has 1 unspecified atom stereocenters. The minimum atomic E-state index is 0.527. The Morgan fingerprint density at radius 1 is 1.64 bits per heavy atom. The van der Waals surface area contributed by atoms with Gasteiger partial charge in [-0.3, -0.25) is 4.99 Å². The van der Waals surface area contributed by atoms with Gasteiger partial charge < -0.3 is 5.32 Å². The molecule has 0 spiro atoms. The molecule has 1 N–H and O–H groups in total. The van der Waals surface area contributed by atoms with Crippen LogP contribution < -0.4 is 5.32 Å². The van der Waals surface area contributed by atoms with Crippen molar-refractivity contribution in [2.75, 3.05) is 13.1 Å². The van der Waals surface area contributed by atoms with E-state index in [1.165, 1.54) is 0 Å². The molecule has 0 aliphatic carbocycles. The molecule has 0 radical (unpaired) electrons. The van der Waals surface area contributed by atoms with Crippen LogP contribution >= 0.6 is 0 Å². The van der Waals surface area contributed by atoms with Crippen molar-refractivity contribution in [3.05, 3.63) is 12.2 Å². The topological polar surface area (TPSA) is 24.4 Å². The summed E-state index contributed by atoms with van der Waals surface area (Å²) in [5.74, 6) is 0. The number of dihydropyridines is 1. The third kappa shape index (κ3) is 3.33. The first kappa shape index (κ1) is 8.47. The van der Waals surface area contributed by atoms with Crippen molar-refractivity contribution < 1.29 is 0 Å². The molecule has 1 heterocycles. The Hall–Kier alpha value is -0.630. The highest BCUT2D eigenvalue weighted by molar-refractivity contribution is 5.72. The smallest absolute Gasteiger partial charge is 0.0546 e. The molecule has 0 saturated carbocycles. The van der Waals surface area contributed by atoms with Crippen LogP contribution in [0.15, 0.2) is 17.1 Å². The summed E-state index contributed by atoms with van der Waals surface area (Å²) in [4.78, 5) is 4.35. The normalized spacial score (nSPS) is 22.5. The number of aliphatic imine (C=N–C) groups is 1.